The van der Waals surface area contributed by atoms with E-state index in [4.69, 9.17) is 0 Å². The summed E-state index contributed by atoms with van der Waals surface area (Å²) in [6.07, 6.45) is 0.669. The van der Waals surface area contributed by atoms with Crippen molar-refractivity contribution in [1.29, 1.82) is 0 Å². The predicted octanol–water partition coefficient (Wildman–Crippen LogP) is 0.667. The average molecular weight is 319 g/mol. The van der Waals surface area contributed by atoms with E-state index in [1.165, 1.54) is 7.05 Å². The summed E-state index contributed by atoms with van der Waals surface area (Å²) in [5.74, 6) is -1.80. The summed E-state index contributed by atoms with van der Waals surface area (Å²) in [4.78, 5) is 1.48. The van der Waals surface area contributed by atoms with E-state index in [-0.39, 0.29) is 18.2 Å². The maximum atomic E-state index is 14.3. The Balaban J connectivity index is 2.29. The van der Waals surface area contributed by atoms with Crippen LogP contribution in [0.4, 0.5) is 8.78 Å². The van der Waals surface area contributed by atoms with Gasteiger partial charge in [-0.15, -0.1) is 0 Å². The normalized spacial score (nSPS) is 20.1. The second-order valence-electron chi connectivity index (χ2n) is 5.24. The van der Waals surface area contributed by atoms with Gasteiger partial charge in [0.1, 0.15) is 10.7 Å². The first-order chi connectivity index (χ1) is 9.85. The van der Waals surface area contributed by atoms with Gasteiger partial charge in [0.2, 0.25) is 10.0 Å². The van der Waals surface area contributed by atoms with Gasteiger partial charge in [-0.3, -0.25) is 0 Å². The van der Waals surface area contributed by atoms with Crippen LogP contribution >= 0.6 is 0 Å². The summed E-state index contributed by atoms with van der Waals surface area (Å²) < 4.78 is 54.8. The van der Waals surface area contributed by atoms with Gasteiger partial charge in [0.25, 0.3) is 0 Å². The second-order valence-corrected chi connectivity index (χ2v) is 6.92. The first kappa shape index (κ1) is 16.3. The lowest BCUT2D eigenvalue weighted by Gasteiger charge is -2.15. The van der Waals surface area contributed by atoms with E-state index >= 15 is 0 Å². The molecule has 1 unspecified atom stereocenters. The Bertz CT molecular complexity index is 622. The predicted molar refractivity (Wildman–Crippen MR) is 75.3 cm³/mol. The molecule has 21 heavy (non-hydrogen) atoms. The number of likely N-dealkylation sites (tertiary alicyclic amines) is 1. The Hall–Kier alpha value is -1.09. The zero-order valence-electron chi connectivity index (χ0n) is 12.0. The molecule has 1 atom stereocenters. The molecule has 8 heteroatoms. The third-order valence-corrected chi connectivity index (χ3v) is 5.04. The molecular weight excluding hydrogens is 300 g/mol. The van der Waals surface area contributed by atoms with Crippen molar-refractivity contribution in [2.75, 3.05) is 27.2 Å². The quantitative estimate of drug-likeness (QED) is 0.837. The van der Waals surface area contributed by atoms with Gasteiger partial charge in [-0.1, -0.05) is 0 Å². The first-order valence-electron chi connectivity index (χ1n) is 6.67. The van der Waals surface area contributed by atoms with Crippen molar-refractivity contribution in [2.45, 2.75) is 23.9 Å². The number of rotatable bonds is 5. The molecule has 1 saturated heterocycles. The van der Waals surface area contributed by atoms with Crippen molar-refractivity contribution in [3.8, 4) is 0 Å². The number of nitrogens with zero attached hydrogens (tertiary/aromatic N) is 1. The zero-order valence-corrected chi connectivity index (χ0v) is 12.8. The smallest absolute Gasteiger partial charge is 0.243 e. The second kappa shape index (κ2) is 6.35. The summed E-state index contributed by atoms with van der Waals surface area (Å²) >= 11 is 0. The molecule has 0 aliphatic carbocycles. The summed E-state index contributed by atoms with van der Waals surface area (Å²) in [6, 6.07) is 1.69. The third kappa shape index (κ3) is 3.57. The molecule has 2 N–H and O–H groups in total. The highest BCUT2D eigenvalue weighted by atomic mass is 32.2. The minimum Gasteiger partial charge on any atom is -0.315 e. The van der Waals surface area contributed by atoms with E-state index in [2.05, 4.69) is 10.0 Å². The summed E-state index contributed by atoms with van der Waals surface area (Å²) in [6.45, 7) is 1.28. The number of benzene rings is 1. The molecule has 0 bridgehead atoms. The minimum absolute atomic E-state index is 0.0762. The number of hydrogen-bond acceptors (Lipinski definition) is 4. The Morgan fingerprint density at radius 3 is 2.67 bits per heavy atom. The molecule has 1 aromatic carbocycles. The lowest BCUT2D eigenvalue weighted by Crippen LogP contribution is -2.37. The van der Waals surface area contributed by atoms with Gasteiger partial charge in [0.15, 0.2) is 5.82 Å². The van der Waals surface area contributed by atoms with E-state index in [0.717, 1.165) is 18.7 Å². The van der Waals surface area contributed by atoms with Gasteiger partial charge < -0.3 is 10.2 Å². The highest BCUT2D eigenvalue weighted by molar-refractivity contribution is 7.89. The molecule has 1 heterocycles. The fourth-order valence-electron chi connectivity index (χ4n) is 2.44. The van der Waals surface area contributed by atoms with Crippen LogP contribution in [0.1, 0.15) is 12.0 Å². The number of hydrogen-bond donors (Lipinski definition) is 2. The molecule has 1 fully saturated rings. The largest absolute Gasteiger partial charge is 0.315 e. The molecule has 0 amide bonds. The molecule has 1 aliphatic rings. The molecule has 1 aromatic rings. The number of nitrogens with one attached hydrogen (secondary N) is 2. The van der Waals surface area contributed by atoms with Gasteiger partial charge in [0, 0.05) is 24.7 Å². The number of likely N-dealkylation sites (N-methyl/N-ethyl adjacent to an activating group) is 1. The standard InChI is InChI=1S/C13H19F2N3O2S/c1-16-7-10-11(14)3-4-12(13(10)15)21(19,20)17-9-5-6-18(2)8-9/h3-4,9,16-17H,5-8H2,1-2H3. The molecule has 5 nitrogen and oxygen atoms in total. The molecule has 0 radical (unpaired) electrons. The monoisotopic (exact) mass is 319 g/mol. The summed E-state index contributed by atoms with van der Waals surface area (Å²) in [5, 5.41) is 2.62. The highest BCUT2D eigenvalue weighted by Crippen LogP contribution is 2.22. The highest BCUT2D eigenvalue weighted by Gasteiger charge is 2.28. The Labute approximate surface area is 123 Å². The van der Waals surface area contributed by atoms with Crippen molar-refractivity contribution >= 4 is 10.0 Å². The molecular formula is C13H19F2N3O2S. The van der Waals surface area contributed by atoms with Crippen LogP contribution in [0.2, 0.25) is 0 Å². The van der Waals surface area contributed by atoms with E-state index in [1.54, 1.807) is 0 Å². The van der Waals surface area contributed by atoms with E-state index in [0.29, 0.717) is 13.0 Å². The van der Waals surface area contributed by atoms with Crippen LogP contribution in [0.15, 0.2) is 17.0 Å². The van der Waals surface area contributed by atoms with Crippen LogP contribution in [0, 0.1) is 11.6 Å². The summed E-state index contributed by atoms with van der Waals surface area (Å²) in [5.41, 5.74) is -0.274. The minimum atomic E-state index is -4.00. The van der Waals surface area contributed by atoms with Crippen LogP contribution in [-0.2, 0) is 16.6 Å². The fraction of sp³-hybridized carbons (Fsp3) is 0.538. The van der Waals surface area contributed by atoms with Crippen molar-refractivity contribution < 1.29 is 17.2 Å². The van der Waals surface area contributed by atoms with E-state index in [9.17, 15) is 17.2 Å². The zero-order chi connectivity index (χ0) is 15.6. The lowest BCUT2D eigenvalue weighted by molar-refractivity contribution is 0.407. The van der Waals surface area contributed by atoms with Crippen LogP contribution in [0.3, 0.4) is 0 Å². The Kier molecular flexibility index (Phi) is 4.92. The topological polar surface area (TPSA) is 61.4 Å². The van der Waals surface area contributed by atoms with Crippen LogP contribution < -0.4 is 10.0 Å². The molecule has 2 rings (SSSR count). The molecule has 0 spiro atoms. The van der Waals surface area contributed by atoms with Crippen LogP contribution in [0.5, 0.6) is 0 Å². The third-order valence-electron chi connectivity index (χ3n) is 3.51. The SMILES string of the molecule is CNCc1c(F)ccc(S(=O)(=O)NC2CCN(C)C2)c1F. The van der Waals surface area contributed by atoms with Gasteiger partial charge >= 0.3 is 0 Å². The van der Waals surface area contributed by atoms with E-state index in [1.807, 2.05) is 11.9 Å². The molecule has 118 valence electrons. The first-order valence-corrected chi connectivity index (χ1v) is 8.16. The number of sulfonamides is 1. The molecule has 1 aliphatic heterocycles. The number of halogens is 2. The van der Waals surface area contributed by atoms with Gasteiger partial charge in [-0.05, 0) is 39.2 Å². The van der Waals surface area contributed by atoms with Crippen molar-refractivity contribution in [2.24, 2.45) is 0 Å². The fourth-order valence-corrected chi connectivity index (χ4v) is 3.80. The maximum Gasteiger partial charge on any atom is 0.243 e. The van der Waals surface area contributed by atoms with E-state index < -0.39 is 26.6 Å². The van der Waals surface area contributed by atoms with Gasteiger partial charge in [-0.25, -0.2) is 21.9 Å². The average Bonchev–Trinajstić information content (AvgIpc) is 2.78. The van der Waals surface area contributed by atoms with Gasteiger partial charge in [0.05, 0.1) is 0 Å². The maximum absolute atomic E-state index is 14.3. The Morgan fingerprint density at radius 1 is 1.38 bits per heavy atom. The van der Waals surface area contributed by atoms with Crippen molar-refractivity contribution in [1.82, 2.24) is 14.9 Å². The summed E-state index contributed by atoms with van der Waals surface area (Å²) in [7, 11) is -0.580. The van der Waals surface area contributed by atoms with Crippen molar-refractivity contribution in [3.63, 3.8) is 0 Å². The van der Waals surface area contributed by atoms with Crippen LogP contribution in [0.25, 0.3) is 0 Å². The van der Waals surface area contributed by atoms with Crippen LogP contribution in [-0.4, -0.2) is 46.5 Å². The molecule has 0 saturated carbocycles. The Morgan fingerprint density at radius 2 is 2.10 bits per heavy atom. The molecule has 0 aromatic heterocycles. The van der Waals surface area contributed by atoms with Gasteiger partial charge in [-0.2, -0.15) is 0 Å². The van der Waals surface area contributed by atoms with Crippen molar-refractivity contribution in [3.05, 3.63) is 29.3 Å². The lowest BCUT2D eigenvalue weighted by atomic mass is 10.2.